The molecule has 1 aromatic rings. The van der Waals surface area contributed by atoms with Gasteiger partial charge in [-0.2, -0.15) is 5.43 Å². The molecule has 1 heterocycles. The lowest BCUT2D eigenvalue weighted by Gasteiger charge is -2.22. The van der Waals surface area contributed by atoms with Crippen LogP contribution >= 0.6 is 0 Å². The van der Waals surface area contributed by atoms with Crippen LogP contribution in [0.25, 0.3) is 0 Å². The van der Waals surface area contributed by atoms with Gasteiger partial charge in [0, 0.05) is 17.6 Å². The average molecular weight is 300 g/mol. The normalized spacial score (nSPS) is 31.1. The highest BCUT2D eigenvalue weighted by Crippen LogP contribution is 2.28. The van der Waals surface area contributed by atoms with E-state index in [4.69, 9.17) is 11.5 Å². The SMILES string of the molecule is NC1=NC(N)(c2ccc3c(c2)CCC(NC2CC2)CC3)NN1. The van der Waals surface area contributed by atoms with Crippen molar-refractivity contribution in [1.29, 1.82) is 0 Å². The number of nitrogens with one attached hydrogen (secondary N) is 3. The number of rotatable bonds is 3. The number of guanidine groups is 1. The van der Waals surface area contributed by atoms with E-state index in [0.717, 1.165) is 24.4 Å². The molecule has 0 spiro atoms. The summed E-state index contributed by atoms with van der Waals surface area (Å²) in [6.07, 6.45) is 7.34. The maximum absolute atomic E-state index is 6.29. The minimum Gasteiger partial charge on any atom is -0.369 e. The summed E-state index contributed by atoms with van der Waals surface area (Å²) in [4.78, 5) is 4.26. The van der Waals surface area contributed by atoms with Crippen molar-refractivity contribution in [2.24, 2.45) is 16.5 Å². The van der Waals surface area contributed by atoms with Crippen LogP contribution in [-0.2, 0) is 18.6 Å². The third kappa shape index (κ3) is 2.69. The van der Waals surface area contributed by atoms with Crippen LogP contribution < -0.4 is 27.6 Å². The third-order valence-electron chi connectivity index (χ3n) is 4.90. The number of hydrogen-bond donors (Lipinski definition) is 5. The minimum absolute atomic E-state index is 0.325. The van der Waals surface area contributed by atoms with Gasteiger partial charge in [-0.15, -0.1) is 0 Å². The number of aryl methyl sites for hydroxylation is 2. The molecular formula is C16H24N6. The highest BCUT2D eigenvalue weighted by Gasteiger charge is 2.32. The second-order valence-electron chi connectivity index (χ2n) is 6.71. The molecule has 1 aliphatic heterocycles. The molecule has 0 amide bonds. The lowest BCUT2D eigenvalue weighted by atomic mass is 9.97. The number of nitrogens with zero attached hydrogens (tertiary/aromatic N) is 1. The van der Waals surface area contributed by atoms with Crippen molar-refractivity contribution in [3.63, 3.8) is 0 Å². The Bertz CT molecular complexity index is 609. The number of nitrogens with two attached hydrogens (primary N) is 2. The van der Waals surface area contributed by atoms with Crippen molar-refractivity contribution in [3.8, 4) is 0 Å². The molecule has 6 nitrogen and oxygen atoms in total. The average Bonchev–Trinajstić information content (AvgIpc) is 3.28. The van der Waals surface area contributed by atoms with E-state index in [1.807, 2.05) is 0 Å². The molecule has 1 aromatic carbocycles. The first-order valence-corrected chi connectivity index (χ1v) is 8.18. The molecule has 1 saturated carbocycles. The zero-order valence-electron chi connectivity index (χ0n) is 12.7. The van der Waals surface area contributed by atoms with Crippen LogP contribution in [-0.4, -0.2) is 18.0 Å². The van der Waals surface area contributed by atoms with Crippen molar-refractivity contribution in [3.05, 3.63) is 34.9 Å². The number of aliphatic imine (C=N–C) groups is 1. The molecule has 118 valence electrons. The molecule has 2 atom stereocenters. The summed E-state index contributed by atoms with van der Waals surface area (Å²) in [7, 11) is 0. The number of benzene rings is 1. The van der Waals surface area contributed by atoms with E-state index in [9.17, 15) is 0 Å². The monoisotopic (exact) mass is 300 g/mol. The van der Waals surface area contributed by atoms with E-state index in [0.29, 0.717) is 12.0 Å². The highest BCUT2D eigenvalue weighted by atomic mass is 15.6. The Morgan fingerprint density at radius 1 is 1.09 bits per heavy atom. The van der Waals surface area contributed by atoms with E-state index < -0.39 is 5.79 Å². The van der Waals surface area contributed by atoms with Crippen LogP contribution in [0.15, 0.2) is 23.2 Å². The van der Waals surface area contributed by atoms with Gasteiger partial charge in [-0.1, -0.05) is 18.2 Å². The Balaban J connectivity index is 1.54. The molecule has 2 unspecified atom stereocenters. The van der Waals surface area contributed by atoms with Crippen LogP contribution in [0.2, 0.25) is 0 Å². The Morgan fingerprint density at radius 3 is 2.50 bits per heavy atom. The van der Waals surface area contributed by atoms with Crippen LogP contribution in [0.1, 0.15) is 42.4 Å². The van der Waals surface area contributed by atoms with Crippen molar-refractivity contribution in [2.45, 2.75) is 56.4 Å². The van der Waals surface area contributed by atoms with Crippen LogP contribution in [0, 0.1) is 0 Å². The molecule has 4 rings (SSSR count). The zero-order valence-corrected chi connectivity index (χ0v) is 12.7. The minimum atomic E-state index is -0.961. The van der Waals surface area contributed by atoms with Crippen molar-refractivity contribution >= 4 is 5.96 Å². The first-order valence-electron chi connectivity index (χ1n) is 8.18. The highest BCUT2D eigenvalue weighted by molar-refractivity contribution is 5.79. The number of hydrazine groups is 1. The first kappa shape index (κ1) is 14.0. The van der Waals surface area contributed by atoms with Gasteiger partial charge in [0.1, 0.15) is 0 Å². The summed E-state index contributed by atoms with van der Waals surface area (Å²) in [5.74, 6) is -0.636. The van der Waals surface area contributed by atoms with E-state index in [1.165, 1.54) is 36.8 Å². The van der Waals surface area contributed by atoms with Crippen LogP contribution in [0.4, 0.5) is 0 Å². The third-order valence-corrected chi connectivity index (χ3v) is 4.90. The van der Waals surface area contributed by atoms with Gasteiger partial charge in [0.05, 0.1) is 0 Å². The van der Waals surface area contributed by atoms with Crippen molar-refractivity contribution in [1.82, 2.24) is 16.2 Å². The van der Waals surface area contributed by atoms with Gasteiger partial charge in [0.2, 0.25) is 11.7 Å². The molecular weight excluding hydrogens is 276 g/mol. The topological polar surface area (TPSA) is 100 Å². The molecule has 0 radical (unpaired) electrons. The van der Waals surface area contributed by atoms with Gasteiger partial charge in [-0.3, -0.25) is 11.2 Å². The summed E-state index contributed by atoms with van der Waals surface area (Å²) in [6.45, 7) is 0. The van der Waals surface area contributed by atoms with Crippen LogP contribution in [0.3, 0.4) is 0 Å². The van der Waals surface area contributed by atoms with Gasteiger partial charge < -0.3 is 11.1 Å². The van der Waals surface area contributed by atoms with Gasteiger partial charge >= 0.3 is 0 Å². The quantitative estimate of drug-likeness (QED) is 0.513. The Morgan fingerprint density at radius 2 is 1.82 bits per heavy atom. The van der Waals surface area contributed by atoms with E-state index in [1.54, 1.807) is 0 Å². The van der Waals surface area contributed by atoms with Gasteiger partial charge in [-0.25, -0.2) is 4.99 Å². The summed E-state index contributed by atoms with van der Waals surface area (Å²) in [5, 5.41) is 3.77. The lowest BCUT2D eigenvalue weighted by molar-refractivity contribution is 0.375. The predicted molar refractivity (Wildman–Crippen MR) is 86.8 cm³/mol. The molecule has 0 aromatic heterocycles. The Hall–Kier alpha value is -1.63. The predicted octanol–water partition coefficient (Wildman–Crippen LogP) is 0.178. The van der Waals surface area contributed by atoms with Crippen molar-refractivity contribution in [2.75, 3.05) is 0 Å². The zero-order chi connectivity index (χ0) is 15.2. The standard InChI is InChI=1S/C16H24N6/c17-15-20-16(18,22-21-15)12-4-1-10-2-5-13(19-14-7-8-14)6-3-11(10)9-12/h1,4,9,13-14,19,22H,2-3,5-8,18H2,(H3,17,20,21). The second kappa shape index (κ2) is 5.22. The molecule has 7 N–H and O–H groups in total. The molecule has 2 aliphatic carbocycles. The van der Waals surface area contributed by atoms with E-state index in [2.05, 4.69) is 39.4 Å². The van der Waals surface area contributed by atoms with Crippen molar-refractivity contribution < 1.29 is 0 Å². The van der Waals surface area contributed by atoms with Gasteiger partial charge in [-0.05, 0) is 49.7 Å². The first-order chi connectivity index (χ1) is 10.6. The van der Waals surface area contributed by atoms with E-state index >= 15 is 0 Å². The molecule has 0 saturated heterocycles. The van der Waals surface area contributed by atoms with Crippen LogP contribution in [0.5, 0.6) is 0 Å². The van der Waals surface area contributed by atoms with Gasteiger partial charge in [0.25, 0.3) is 0 Å². The Kier molecular flexibility index (Phi) is 3.32. The number of hydrogen-bond acceptors (Lipinski definition) is 6. The Labute approximate surface area is 130 Å². The fourth-order valence-electron chi connectivity index (χ4n) is 3.44. The smallest absolute Gasteiger partial charge is 0.209 e. The fraction of sp³-hybridized carbons (Fsp3) is 0.562. The molecule has 0 bridgehead atoms. The summed E-state index contributed by atoms with van der Waals surface area (Å²) >= 11 is 0. The maximum atomic E-state index is 6.29. The number of fused-ring (bicyclic) bond motifs is 1. The molecule has 3 aliphatic rings. The second-order valence-corrected chi connectivity index (χ2v) is 6.71. The summed E-state index contributed by atoms with van der Waals surface area (Å²) in [6, 6.07) is 7.87. The lowest BCUT2D eigenvalue weighted by Crippen LogP contribution is -2.50. The molecule has 1 fully saturated rings. The molecule has 22 heavy (non-hydrogen) atoms. The summed E-state index contributed by atoms with van der Waals surface area (Å²) in [5.41, 5.74) is 21.5. The van der Waals surface area contributed by atoms with Gasteiger partial charge in [0.15, 0.2) is 0 Å². The maximum Gasteiger partial charge on any atom is 0.209 e. The largest absolute Gasteiger partial charge is 0.369 e. The molecule has 6 heteroatoms. The summed E-state index contributed by atoms with van der Waals surface area (Å²) < 4.78 is 0. The fourth-order valence-corrected chi connectivity index (χ4v) is 3.44. The van der Waals surface area contributed by atoms with E-state index in [-0.39, 0.29) is 0 Å².